The average Bonchev–Trinajstić information content (AvgIpc) is 2.78. The zero-order valence-corrected chi connectivity index (χ0v) is 13.3. The monoisotopic (exact) mass is 285 g/mol. The molecule has 0 unspecified atom stereocenters. The van der Waals surface area contributed by atoms with Gasteiger partial charge in [-0.3, -0.25) is 9.48 Å². The SMILES string of the molecule is [B]Cc1nn(C(C)(C)C)c2c1CC1(CCNCC1)CC2=O. The van der Waals surface area contributed by atoms with E-state index in [0.29, 0.717) is 12.7 Å². The smallest absolute Gasteiger partial charge is 0.181 e. The molecule has 5 heteroatoms. The van der Waals surface area contributed by atoms with Crippen LogP contribution in [0.5, 0.6) is 0 Å². The van der Waals surface area contributed by atoms with Crippen LogP contribution >= 0.6 is 0 Å². The summed E-state index contributed by atoms with van der Waals surface area (Å²) in [5, 5.41) is 8.06. The Kier molecular flexibility index (Phi) is 3.51. The quantitative estimate of drug-likeness (QED) is 0.800. The predicted octanol–water partition coefficient (Wildman–Crippen LogP) is 1.81. The highest BCUT2D eigenvalue weighted by Crippen LogP contribution is 2.43. The van der Waals surface area contributed by atoms with Crippen molar-refractivity contribution in [1.82, 2.24) is 15.1 Å². The van der Waals surface area contributed by atoms with Crippen LogP contribution in [-0.4, -0.2) is 36.5 Å². The van der Waals surface area contributed by atoms with Crippen molar-refractivity contribution in [2.24, 2.45) is 5.41 Å². The fourth-order valence-corrected chi connectivity index (χ4v) is 3.79. The van der Waals surface area contributed by atoms with Gasteiger partial charge in [0.15, 0.2) is 5.78 Å². The lowest BCUT2D eigenvalue weighted by Gasteiger charge is -2.40. The summed E-state index contributed by atoms with van der Waals surface area (Å²) in [6.45, 7) is 8.27. The van der Waals surface area contributed by atoms with Gasteiger partial charge in [-0.05, 0) is 64.9 Å². The van der Waals surface area contributed by atoms with E-state index in [9.17, 15) is 4.79 Å². The van der Waals surface area contributed by atoms with Crippen LogP contribution in [0.4, 0.5) is 0 Å². The molecule has 1 aromatic heterocycles. The van der Waals surface area contributed by atoms with Gasteiger partial charge in [0.2, 0.25) is 0 Å². The maximum Gasteiger partial charge on any atom is 0.181 e. The normalized spacial score (nSPS) is 21.6. The maximum absolute atomic E-state index is 12.8. The number of carbonyl (C=O) groups excluding carboxylic acids is 1. The number of nitrogens with one attached hydrogen (secondary N) is 1. The molecule has 1 N–H and O–H groups in total. The third kappa shape index (κ3) is 2.46. The molecule has 1 aliphatic carbocycles. The lowest BCUT2D eigenvalue weighted by molar-refractivity contribution is 0.0815. The summed E-state index contributed by atoms with van der Waals surface area (Å²) in [7, 11) is 5.89. The molecule has 3 rings (SSSR count). The molecule has 0 bridgehead atoms. The summed E-state index contributed by atoms with van der Waals surface area (Å²) in [5.74, 6) is 0.250. The van der Waals surface area contributed by atoms with E-state index >= 15 is 0 Å². The highest BCUT2D eigenvalue weighted by atomic mass is 16.1. The lowest BCUT2D eigenvalue weighted by atomic mass is 9.66. The summed E-state index contributed by atoms with van der Waals surface area (Å²) in [4.78, 5) is 12.8. The zero-order valence-electron chi connectivity index (χ0n) is 13.3. The maximum atomic E-state index is 12.8. The van der Waals surface area contributed by atoms with E-state index in [4.69, 9.17) is 7.85 Å². The largest absolute Gasteiger partial charge is 0.317 e. The Morgan fingerprint density at radius 1 is 1.29 bits per heavy atom. The Morgan fingerprint density at radius 2 is 1.95 bits per heavy atom. The van der Waals surface area contributed by atoms with Gasteiger partial charge in [0, 0.05) is 12.0 Å². The summed E-state index contributed by atoms with van der Waals surface area (Å²) in [6.07, 6.45) is 4.17. The van der Waals surface area contributed by atoms with Crippen LogP contribution in [0, 0.1) is 5.41 Å². The van der Waals surface area contributed by atoms with Crippen molar-refractivity contribution in [3.05, 3.63) is 17.0 Å². The molecule has 1 aliphatic heterocycles. The molecule has 112 valence electrons. The minimum atomic E-state index is -0.189. The predicted molar refractivity (Wildman–Crippen MR) is 83.9 cm³/mol. The van der Waals surface area contributed by atoms with Crippen LogP contribution in [-0.2, 0) is 18.3 Å². The Hall–Kier alpha value is -1.10. The average molecular weight is 285 g/mol. The van der Waals surface area contributed by atoms with Gasteiger partial charge in [-0.25, -0.2) is 0 Å². The Labute approximate surface area is 128 Å². The van der Waals surface area contributed by atoms with E-state index in [1.807, 2.05) is 4.68 Å². The molecule has 2 radical (unpaired) electrons. The van der Waals surface area contributed by atoms with Crippen molar-refractivity contribution >= 4 is 13.6 Å². The van der Waals surface area contributed by atoms with Gasteiger partial charge < -0.3 is 5.32 Å². The summed E-state index contributed by atoms with van der Waals surface area (Å²) >= 11 is 0. The van der Waals surface area contributed by atoms with Crippen LogP contribution in [0.15, 0.2) is 0 Å². The molecule has 0 aromatic carbocycles. The molecule has 1 aromatic rings. The van der Waals surface area contributed by atoms with Gasteiger partial charge in [-0.15, -0.1) is 0 Å². The first kappa shape index (κ1) is 14.8. The zero-order chi connectivity index (χ0) is 15.3. The first-order chi connectivity index (χ1) is 9.86. The van der Waals surface area contributed by atoms with Crippen molar-refractivity contribution in [2.75, 3.05) is 13.1 Å². The minimum Gasteiger partial charge on any atom is -0.317 e. The molecule has 4 nitrogen and oxygen atoms in total. The first-order valence-electron chi connectivity index (χ1n) is 7.92. The van der Waals surface area contributed by atoms with Gasteiger partial charge in [-0.1, -0.05) is 0 Å². The van der Waals surface area contributed by atoms with Crippen LogP contribution in [0.25, 0.3) is 0 Å². The van der Waals surface area contributed by atoms with E-state index in [1.165, 1.54) is 0 Å². The topological polar surface area (TPSA) is 46.9 Å². The van der Waals surface area contributed by atoms with E-state index in [1.54, 1.807) is 0 Å². The number of hydrogen-bond donors (Lipinski definition) is 1. The highest BCUT2D eigenvalue weighted by Gasteiger charge is 2.43. The molecular weight excluding hydrogens is 261 g/mol. The number of rotatable bonds is 1. The van der Waals surface area contributed by atoms with Crippen LogP contribution in [0.1, 0.15) is 61.8 Å². The number of hydrogen-bond acceptors (Lipinski definition) is 3. The first-order valence-corrected chi connectivity index (χ1v) is 7.92. The van der Waals surface area contributed by atoms with Crippen molar-refractivity contribution in [3.8, 4) is 0 Å². The molecule has 0 amide bonds. The number of ketones is 1. The standard InChI is InChI=1S/C16H24BN3O/c1-15(2,3)20-14-11(12(10-17)19-20)8-16(9-13(14)21)4-6-18-7-5-16/h18H,4-10H2,1-3H3. The second-order valence-electron chi connectivity index (χ2n) is 7.59. The third-order valence-corrected chi connectivity index (χ3v) is 4.91. The fourth-order valence-electron chi connectivity index (χ4n) is 3.79. The second kappa shape index (κ2) is 4.97. The number of carbonyl (C=O) groups is 1. The second-order valence-corrected chi connectivity index (χ2v) is 7.59. The molecular formula is C16H24BN3O. The van der Waals surface area contributed by atoms with E-state index in [0.717, 1.165) is 49.3 Å². The number of piperidine rings is 1. The fraction of sp³-hybridized carbons (Fsp3) is 0.750. The van der Waals surface area contributed by atoms with Gasteiger partial charge in [0.25, 0.3) is 0 Å². The molecule has 21 heavy (non-hydrogen) atoms. The molecule has 2 aliphatic rings. The van der Waals surface area contributed by atoms with Gasteiger partial charge in [-0.2, -0.15) is 5.10 Å². The number of aromatic nitrogens is 2. The summed E-state index contributed by atoms with van der Waals surface area (Å²) in [6, 6.07) is 0. The van der Waals surface area contributed by atoms with Crippen molar-refractivity contribution in [1.29, 1.82) is 0 Å². The van der Waals surface area contributed by atoms with Crippen molar-refractivity contribution in [2.45, 2.75) is 58.3 Å². The van der Waals surface area contributed by atoms with Crippen molar-refractivity contribution in [3.63, 3.8) is 0 Å². The summed E-state index contributed by atoms with van der Waals surface area (Å²) in [5.41, 5.74) is 2.78. The number of nitrogens with zero attached hydrogens (tertiary/aromatic N) is 2. The van der Waals surface area contributed by atoms with Gasteiger partial charge in [0.1, 0.15) is 5.69 Å². The molecule has 1 spiro atoms. The molecule has 0 saturated carbocycles. The lowest BCUT2D eigenvalue weighted by Crippen LogP contribution is -2.43. The van der Waals surface area contributed by atoms with E-state index < -0.39 is 0 Å². The van der Waals surface area contributed by atoms with Crippen LogP contribution in [0.2, 0.25) is 0 Å². The Morgan fingerprint density at radius 3 is 2.52 bits per heavy atom. The van der Waals surface area contributed by atoms with E-state index in [-0.39, 0.29) is 16.7 Å². The Balaban J connectivity index is 2.08. The van der Waals surface area contributed by atoms with Gasteiger partial charge in [0.05, 0.1) is 19.1 Å². The molecule has 2 heterocycles. The van der Waals surface area contributed by atoms with Gasteiger partial charge >= 0.3 is 0 Å². The third-order valence-electron chi connectivity index (χ3n) is 4.91. The Bertz CT molecular complexity index is 565. The molecule has 1 saturated heterocycles. The number of Topliss-reactive ketones (excluding diaryl/α,β-unsaturated/α-hetero) is 1. The van der Waals surface area contributed by atoms with E-state index in [2.05, 4.69) is 31.2 Å². The van der Waals surface area contributed by atoms with Crippen LogP contribution in [0.3, 0.4) is 0 Å². The number of fused-ring (bicyclic) bond motifs is 1. The highest BCUT2D eigenvalue weighted by molar-refractivity contribution is 6.08. The van der Waals surface area contributed by atoms with Crippen molar-refractivity contribution < 1.29 is 4.79 Å². The molecule has 1 fully saturated rings. The minimum absolute atomic E-state index is 0.130. The van der Waals surface area contributed by atoms with Crippen LogP contribution < -0.4 is 5.32 Å². The molecule has 0 atom stereocenters. The summed E-state index contributed by atoms with van der Waals surface area (Å²) < 4.78 is 1.90.